The Morgan fingerprint density at radius 1 is 1.27 bits per heavy atom. The summed E-state index contributed by atoms with van der Waals surface area (Å²) in [5, 5.41) is 0. The summed E-state index contributed by atoms with van der Waals surface area (Å²) in [5.41, 5.74) is -0.0675. The fourth-order valence-corrected chi connectivity index (χ4v) is 1.20. The summed E-state index contributed by atoms with van der Waals surface area (Å²) in [5.74, 6) is 0. The molecule has 1 aliphatic heterocycles. The van der Waals surface area contributed by atoms with Gasteiger partial charge >= 0.3 is 0 Å². The summed E-state index contributed by atoms with van der Waals surface area (Å²) in [7, 11) is 0. The molecule has 1 saturated heterocycles. The largest absolute Gasteiger partial charge is 0.353 e. The third kappa shape index (κ3) is 3.73. The molecule has 0 radical (unpaired) electrons. The van der Waals surface area contributed by atoms with Gasteiger partial charge in [-0.3, -0.25) is 0 Å². The molecular weight excluding hydrogens is 140 g/mol. The molecule has 0 aromatic carbocycles. The molecule has 1 rings (SSSR count). The molecule has 0 saturated carbocycles. The molecule has 0 aliphatic carbocycles. The van der Waals surface area contributed by atoms with Gasteiger partial charge in [0.1, 0.15) is 0 Å². The van der Waals surface area contributed by atoms with Crippen molar-refractivity contribution in [1.29, 1.82) is 0 Å². The van der Waals surface area contributed by atoms with Crippen molar-refractivity contribution < 1.29 is 9.47 Å². The van der Waals surface area contributed by atoms with E-state index in [1.54, 1.807) is 0 Å². The van der Waals surface area contributed by atoms with Crippen LogP contribution in [0.15, 0.2) is 0 Å². The van der Waals surface area contributed by atoms with Crippen LogP contribution in [-0.4, -0.2) is 18.5 Å². The van der Waals surface area contributed by atoms with Gasteiger partial charge in [0.05, 0.1) is 5.60 Å². The number of hydrogen-bond donors (Lipinski definition) is 0. The van der Waals surface area contributed by atoms with Crippen LogP contribution in [0, 0.1) is 0 Å². The summed E-state index contributed by atoms with van der Waals surface area (Å²) >= 11 is 0. The van der Waals surface area contributed by atoms with Crippen LogP contribution in [0.1, 0.15) is 40.0 Å². The van der Waals surface area contributed by atoms with E-state index >= 15 is 0 Å². The third-order valence-electron chi connectivity index (χ3n) is 1.62. The second-order valence-corrected chi connectivity index (χ2v) is 4.03. The van der Waals surface area contributed by atoms with E-state index in [1.165, 1.54) is 12.8 Å². The molecule has 0 aromatic rings. The average molecular weight is 158 g/mol. The molecule has 0 amide bonds. The fraction of sp³-hybridized carbons (Fsp3) is 1.00. The van der Waals surface area contributed by atoms with E-state index in [9.17, 15) is 0 Å². The van der Waals surface area contributed by atoms with Gasteiger partial charge in [0.25, 0.3) is 0 Å². The molecule has 1 aliphatic rings. The SMILES string of the molecule is CC(C)(C)OC1CCCCO1. The molecule has 0 aromatic heterocycles. The highest BCUT2D eigenvalue weighted by Gasteiger charge is 2.20. The van der Waals surface area contributed by atoms with Crippen LogP contribution < -0.4 is 0 Å². The first-order valence-corrected chi connectivity index (χ1v) is 4.37. The minimum atomic E-state index is -0.0675. The van der Waals surface area contributed by atoms with Crippen molar-refractivity contribution in [2.75, 3.05) is 6.61 Å². The monoisotopic (exact) mass is 158 g/mol. The maximum absolute atomic E-state index is 5.66. The molecule has 0 spiro atoms. The Bertz CT molecular complexity index is 109. The van der Waals surface area contributed by atoms with Crippen LogP contribution in [0.3, 0.4) is 0 Å². The highest BCUT2D eigenvalue weighted by Crippen LogP contribution is 2.19. The lowest BCUT2D eigenvalue weighted by atomic mass is 10.1. The summed E-state index contributed by atoms with van der Waals surface area (Å²) in [6.45, 7) is 7.04. The zero-order valence-electron chi connectivity index (χ0n) is 7.72. The minimum Gasteiger partial charge on any atom is -0.353 e. The van der Waals surface area contributed by atoms with Crippen molar-refractivity contribution in [3.05, 3.63) is 0 Å². The van der Waals surface area contributed by atoms with Crippen LogP contribution in [-0.2, 0) is 9.47 Å². The molecular formula is C9H18O2. The van der Waals surface area contributed by atoms with Gasteiger partial charge in [-0.2, -0.15) is 0 Å². The first-order valence-electron chi connectivity index (χ1n) is 4.37. The van der Waals surface area contributed by atoms with Crippen LogP contribution in [0.4, 0.5) is 0 Å². The molecule has 11 heavy (non-hydrogen) atoms. The molecule has 2 heteroatoms. The molecule has 66 valence electrons. The number of hydrogen-bond acceptors (Lipinski definition) is 2. The highest BCUT2D eigenvalue weighted by atomic mass is 16.7. The van der Waals surface area contributed by atoms with Crippen molar-refractivity contribution >= 4 is 0 Å². The Balaban J connectivity index is 2.24. The molecule has 1 fully saturated rings. The van der Waals surface area contributed by atoms with Gasteiger partial charge in [0.2, 0.25) is 0 Å². The van der Waals surface area contributed by atoms with E-state index in [4.69, 9.17) is 9.47 Å². The fourth-order valence-electron chi connectivity index (χ4n) is 1.20. The highest BCUT2D eigenvalue weighted by molar-refractivity contribution is 4.63. The molecule has 0 bridgehead atoms. The first-order chi connectivity index (χ1) is 5.08. The lowest BCUT2D eigenvalue weighted by Crippen LogP contribution is -2.31. The summed E-state index contributed by atoms with van der Waals surface area (Å²) in [6, 6.07) is 0. The van der Waals surface area contributed by atoms with Crippen LogP contribution in [0.25, 0.3) is 0 Å². The van der Waals surface area contributed by atoms with E-state index in [2.05, 4.69) is 20.8 Å². The topological polar surface area (TPSA) is 18.5 Å². The number of rotatable bonds is 1. The lowest BCUT2D eigenvalue weighted by molar-refractivity contribution is -0.210. The van der Waals surface area contributed by atoms with E-state index in [-0.39, 0.29) is 11.9 Å². The van der Waals surface area contributed by atoms with Gasteiger partial charge in [-0.15, -0.1) is 0 Å². The standard InChI is InChI=1S/C9H18O2/c1-9(2,3)11-8-6-4-5-7-10-8/h8H,4-7H2,1-3H3. The van der Waals surface area contributed by atoms with E-state index in [0.29, 0.717) is 0 Å². The van der Waals surface area contributed by atoms with Crippen molar-refractivity contribution in [3.8, 4) is 0 Å². The van der Waals surface area contributed by atoms with Crippen LogP contribution >= 0.6 is 0 Å². The van der Waals surface area contributed by atoms with Gasteiger partial charge in [-0.25, -0.2) is 0 Å². The Labute approximate surface area is 68.9 Å². The van der Waals surface area contributed by atoms with Gasteiger partial charge < -0.3 is 9.47 Å². The maximum Gasteiger partial charge on any atom is 0.158 e. The van der Waals surface area contributed by atoms with Crippen molar-refractivity contribution in [3.63, 3.8) is 0 Å². The second kappa shape index (κ2) is 3.55. The van der Waals surface area contributed by atoms with E-state index in [0.717, 1.165) is 13.0 Å². The van der Waals surface area contributed by atoms with Gasteiger partial charge in [-0.05, 0) is 40.0 Å². The first kappa shape index (κ1) is 9.01. The van der Waals surface area contributed by atoms with E-state index in [1.807, 2.05) is 0 Å². The lowest BCUT2D eigenvalue weighted by Gasteiger charge is -2.29. The van der Waals surface area contributed by atoms with Crippen molar-refractivity contribution in [1.82, 2.24) is 0 Å². The average Bonchev–Trinajstić information content (AvgIpc) is 1.85. The Morgan fingerprint density at radius 3 is 2.45 bits per heavy atom. The van der Waals surface area contributed by atoms with Gasteiger partial charge in [0, 0.05) is 6.61 Å². The molecule has 1 unspecified atom stereocenters. The maximum atomic E-state index is 5.66. The molecule has 2 nitrogen and oxygen atoms in total. The quantitative estimate of drug-likeness (QED) is 0.583. The zero-order chi connectivity index (χ0) is 8.32. The summed E-state index contributed by atoms with van der Waals surface area (Å²) in [4.78, 5) is 0. The van der Waals surface area contributed by atoms with Gasteiger partial charge in [-0.1, -0.05) is 0 Å². The zero-order valence-corrected chi connectivity index (χ0v) is 7.72. The van der Waals surface area contributed by atoms with Crippen LogP contribution in [0.5, 0.6) is 0 Å². The predicted octanol–water partition coefficient (Wildman–Crippen LogP) is 2.33. The summed E-state index contributed by atoms with van der Waals surface area (Å²) < 4.78 is 11.1. The van der Waals surface area contributed by atoms with Crippen molar-refractivity contribution in [2.24, 2.45) is 0 Å². The number of ether oxygens (including phenoxy) is 2. The smallest absolute Gasteiger partial charge is 0.158 e. The summed E-state index contributed by atoms with van der Waals surface area (Å²) in [6.07, 6.45) is 3.52. The minimum absolute atomic E-state index is 0.0451. The molecule has 1 heterocycles. The van der Waals surface area contributed by atoms with Gasteiger partial charge in [0.15, 0.2) is 6.29 Å². The predicted molar refractivity (Wildman–Crippen MR) is 44.4 cm³/mol. The van der Waals surface area contributed by atoms with Crippen LogP contribution in [0.2, 0.25) is 0 Å². The second-order valence-electron chi connectivity index (χ2n) is 4.03. The normalized spacial score (nSPS) is 27.0. The molecule has 1 atom stereocenters. The van der Waals surface area contributed by atoms with E-state index < -0.39 is 0 Å². The Kier molecular flexibility index (Phi) is 2.90. The Hall–Kier alpha value is -0.0800. The molecule has 0 N–H and O–H groups in total. The van der Waals surface area contributed by atoms with Crippen molar-refractivity contribution in [2.45, 2.75) is 51.9 Å². The third-order valence-corrected chi connectivity index (χ3v) is 1.62. The Morgan fingerprint density at radius 2 is 2.00 bits per heavy atom.